The van der Waals surface area contributed by atoms with Crippen molar-refractivity contribution in [3.63, 3.8) is 0 Å². The summed E-state index contributed by atoms with van der Waals surface area (Å²) in [5.41, 5.74) is -0.271. The fraction of sp³-hybridized carbons (Fsp3) is 0.500. The van der Waals surface area contributed by atoms with E-state index in [2.05, 4.69) is 10.3 Å². The van der Waals surface area contributed by atoms with Crippen molar-refractivity contribution in [3.8, 4) is 0 Å². The number of hydrogen-bond acceptors (Lipinski definition) is 4. The third kappa shape index (κ3) is 3.22. The zero-order chi connectivity index (χ0) is 16.6. The fourth-order valence-electron chi connectivity index (χ4n) is 2.65. The second-order valence-electron chi connectivity index (χ2n) is 5.53. The van der Waals surface area contributed by atoms with E-state index in [9.17, 15) is 18.0 Å². The first-order valence-corrected chi connectivity index (χ1v) is 7.19. The minimum Gasteiger partial charge on any atom is -0.351 e. The number of rotatable bonds is 2. The number of carbonyl (C=O) groups excluding carboxylic acids is 1. The summed E-state index contributed by atoms with van der Waals surface area (Å²) in [6, 6.07) is 2.39. The van der Waals surface area contributed by atoms with Gasteiger partial charge in [-0.1, -0.05) is 5.16 Å². The number of halogens is 3. The molecule has 1 aliphatic heterocycles. The summed E-state index contributed by atoms with van der Waals surface area (Å²) in [6.07, 6.45) is -2.02. The molecule has 0 aliphatic carbocycles. The molecule has 3 rings (SSSR count). The Kier molecular flexibility index (Phi) is 3.87. The van der Waals surface area contributed by atoms with Crippen LogP contribution in [-0.2, 0) is 6.18 Å². The van der Waals surface area contributed by atoms with Crippen molar-refractivity contribution in [1.29, 1.82) is 0 Å². The van der Waals surface area contributed by atoms with E-state index in [4.69, 9.17) is 4.52 Å². The number of likely N-dealkylation sites (tertiary alicyclic amines) is 1. The van der Waals surface area contributed by atoms with E-state index in [1.807, 2.05) is 0 Å². The highest BCUT2D eigenvalue weighted by atomic mass is 19.4. The van der Waals surface area contributed by atoms with Gasteiger partial charge in [-0.3, -0.25) is 9.48 Å². The standard InChI is InChI=1S/C14H15F3N4O2/c1-9-8-11(23-19-9)13(22)20-5-2-10(3-6-20)21-7-4-12(18-21)14(15,16)17/h4,7-8,10H,2-3,5-6H2,1H3. The first-order chi connectivity index (χ1) is 10.8. The molecule has 9 heteroatoms. The van der Waals surface area contributed by atoms with E-state index < -0.39 is 11.9 Å². The number of piperidine rings is 1. The fourth-order valence-corrected chi connectivity index (χ4v) is 2.65. The van der Waals surface area contributed by atoms with Gasteiger partial charge in [0.25, 0.3) is 5.91 Å². The first kappa shape index (κ1) is 15.6. The second kappa shape index (κ2) is 5.71. The molecule has 0 N–H and O–H groups in total. The molecule has 2 aromatic rings. The SMILES string of the molecule is Cc1cc(C(=O)N2CCC(n3ccc(C(F)(F)F)n3)CC2)on1. The molecule has 3 heterocycles. The van der Waals surface area contributed by atoms with Crippen LogP contribution in [0.3, 0.4) is 0 Å². The van der Waals surface area contributed by atoms with Crippen LogP contribution in [0.4, 0.5) is 13.2 Å². The number of aromatic nitrogens is 3. The van der Waals surface area contributed by atoms with Crippen molar-refractivity contribution in [2.75, 3.05) is 13.1 Å². The molecule has 0 aromatic carbocycles. The minimum atomic E-state index is -4.44. The molecule has 1 aliphatic rings. The zero-order valence-corrected chi connectivity index (χ0v) is 12.4. The number of carbonyl (C=O) groups is 1. The van der Waals surface area contributed by atoms with Gasteiger partial charge in [-0.05, 0) is 25.8 Å². The molecule has 1 fully saturated rings. The van der Waals surface area contributed by atoms with E-state index in [-0.39, 0.29) is 17.7 Å². The lowest BCUT2D eigenvalue weighted by Crippen LogP contribution is -2.39. The lowest BCUT2D eigenvalue weighted by molar-refractivity contribution is -0.141. The van der Waals surface area contributed by atoms with Crippen LogP contribution in [-0.4, -0.2) is 38.8 Å². The number of aryl methyl sites for hydroxylation is 1. The van der Waals surface area contributed by atoms with E-state index in [0.717, 1.165) is 6.07 Å². The molecule has 1 saturated heterocycles. The summed E-state index contributed by atoms with van der Waals surface area (Å²) in [4.78, 5) is 13.8. The molecule has 1 amide bonds. The summed E-state index contributed by atoms with van der Waals surface area (Å²) >= 11 is 0. The van der Waals surface area contributed by atoms with Gasteiger partial charge in [-0.15, -0.1) is 0 Å². The Morgan fingerprint density at radius 2 is 2.04 bits per heavy atom. The highest BCUT2D eigenvalue weighted by Crippen LogP contribution is 2.29. The highest BCUT2D eigenvalue weighted by Gasteiger charge is 2.34. The maximum atomic E-state index is 12.6. The van der Waals surface area contributed by atoms with Gasteiger partial charge >= 0.3 is 6.18 Å². The lowest BCUT2D eigenvalue weighted by Gasteiger charge is -2.31. The summed E-state index contributed by atoms with van der Waals surface area (Å²) in [5, 5.41) is 7.27. The van der Waals surface area contributed by atoms with Gasteiger partial charge in [0, 0.05) is 25.4 Å². The Morgan fingerprint density at radius 1 is 1.35 bits per heavy atom. The minimum absolute atomic E-state index is 0.147. The topological polar surface area (TPSA) is 64.2 Å². The Morgan fingerprint density at radius 3 is 2.57 bits per heavy atom. The van der Waals surface area contributed by atoms with Crippen LogP contribution >= 0.6 is 0 Å². The Hall–Kier alpha value is -2.32. The molecule has 0 atom stereocenters. The van der Waals surface area contributed by atoms with Crippen molar-refractivity contribution < 1.29 is 22.5 Å². The molecular formula is C14H15F3N4O2. The maximum Gasteiger partial charge on any atom is 0.435 e. The highest BCUT2D eigenvalue weighted by molar-refractivity contribution is 5.91. The number of amides is 1. The van der Waals surface area contributed by atoms with Crippen LogP contribution < -0.4 is 0 Å². The Bertz CT molecular complexity index is 699. The molecule has 0 radical (unpaired) electrons. The molecule has 0 saturated carbocycles. The van der Waals surface area contributed by atoms with Crippen LogP contribution in [0.25, 0.3) is 0 Å². The third-order valence-corrected chi connectivity index (χ3v) is 3.86. The number of hydrogen-bond donors (Lipinski definition) is 0. The average Bonchev–Trinajstić information content (AvgIpc) is 3.15. The molecule has 0 bridgehead atoms. The van der Waals surface area contributed by atoms with Gasteiger partial charge in [0.15, 0.2) is 5.69 Å². The van der Waals surface area contributed by atoms with Crippen LogP contribution in [0.2, 0.25) is 0 Å². The summed E-state index contributed by atoms with van der Waals surface area (Å²) in [7, 11) is 0. The van der Waals surface area contributed by atoms with Crippen molar-refractivity contribution in [2.45, 2.75) is 32.0 Å². The second-order valence-corrected chi connectivity index (χ2v) is 5.53. The molecule has 6 nitrogen and oxygen atoms in total. The molecule has 0 unspecified atom stereocenters. The number of alkyl halides is 3. The van der Waals surface area contributed by atoms with E-state index in [1.165, 1.54) is 10.9 Å². The van der Waals surface area contributed by atoms with Gasteiger partial charge in [-0.2, -0.15) is 18.3 Å². The monoisotopic (exact) mass is 328 g/mol. The average molecular weight is 328 g/mol. The first-order valence-electron chi connectivity index (χ1n) is 7.19. The number of nitrogens with zero attached hydrogens (tertiary/aromatic N) is 4. The summed E-state index contributed by atoms with van der Waals surface area (Å²) in [6.45, 7) is 2.59. The van der Waals surface area contributed by atoms with Gasteiger partial charge in [0.1, 0.15) is 0 Å². The van der Waals surface area contributed by atoms with Gasteiger partial charge in [0.2, 0.25) is 5.76 Å². The molecule has 23 heavy (non-hydrogen) atoms. The third-order valence-electron chi connectivity index (χ3n) is 3.86. The largest absolute Gasteiger partial charge is 0.435 e. The zero-order valence-electron chi connectivity index (χ0n) is 12.4. The molecule has 0 spiro atoms. The van der Waals surface area contributed by atoms with Crippen LogP contribution in [0, 0.1) is 6.92 Å². The van der Waals surface area contributed by atoms with Crippen molar-refractivity contribution in [2.24, 2.45) is 0 Å². The van der Waals surface area contributed by atoms with Crippen LogP contribution in [0.1, 0.15) is 40.8 Å². The van der Waals surface area contributed by atoms with E-state index in [0.29, 0.717) is 31.6 Å². The predicted molar refractivity (Wildman–Crippen MR) is 72.6 cm³/mol. The normalized spacial score (nSPS) is 16.8. The van der Waals surface area contributed by atoms with E-state index >= 15 is 0 Å². The van der Waals surface area contributed by atoms with E-state index in [1.54, 1.807) is 17.9 Å². The molecule has 124 valence electrons. The predicted octanol–water partition coefficient (Wildman–Crippen LogP) is 2.68. The van der Waals surface area contributed by atoms with Crippen LogP contribution in [0.15, 0.2) is 22.9 Å². The smallest absolute Gasteiger partial charge is 0.351 e. The molecular weight excluding hydrogens is 313 g/mol. The van der Waals surface area contributed by atoms with Gasteiger partial charge < -0.3 is 9.42 Å². The maximum absolute atomic E-state index is 12.6. The van der Waals surface area contributed by atoms with Crippen molar-refractivity contribution in [3.05, 3.63) is 35.5 Å². The summed E-state index contributed by atoms with van der Waals surface area (Å²) < 4.78 is 44.0. The Labute approximate surface area is 129 Å². The molecule has 2 aromatic heterocycles. The van der Waals surface area contributed by atoms with Gasteiger partial charge in [-0.25, -0.2) is 0 Å². The van der Waals surface area contributed by atoms with Crippen molar-refractivity contribution in [1.82, 2.24) is 19.8 Å². The van der Waals surface area contributed by atoms with Crippen LogP contribution in [0.5, 0.6) is 0 Å². The quantitative estimate of drug-likeness (QED) is 0.850. The lowest BCUT2D eigenvalue weighted by atomic mass is 10.1. The summed E-state index contributed by atoms with van der Waals surface area (Å²) in [5.74, 6) is -0.0695. The van der Waals surface area contributed by atoms with Crippen molar-refractivity contribution >= 4 is 5.91 Å². The van der Waals surface area contributed by atoms with Gasteiger partial charge in [0.05, 0.1) is 11.7 Å². The Balaban J connectivity index is 1.62.